The van der Waals surface area contributed by atoms with Gasteiger partial charge in [-0.1, -0.05) is 25.1 Å². The largest absolute Gasteiger partial charge is 0.332 e. The molecule has 0 aromatic heterocycles. The second-order valence-electron chi connectivity index (χ2n) is 7.33. The Morgan fingerprint density at radius 1 is 1.07 bits per heavy atom. The van der Waals surface area contributed by atoms with Crippen LogP contribution < -0.4 is 10.6 Å². The van der Waals surface area contributed by atoms with Crippen LogP contribution in [-0.4, -0.2) is 36.8 Å². The Bertz CT molecular complexity index is 996. The van der Waals surface area contributed by atoms with Crippen LogP contribution in [0.1, 0.15) is 35.7 Å². The van der Waals surface area contributed by atoms with Gasteiger partial charge in [0.15, 0.2) is 5.11 Å². The minimum atomic E-state index is -3.49. The Morgan fingerprint density at radius 2 is 1.69 bits per heavy atom. The number of rotatable bonds is 4. The summed E-state index contributed by atoms with van der Waals surface area (Å²) in [6.07, 6.45) is 1.77. The first kappa shape index (κ1) is 21.4. The molecule has 1 aliphatic rings. The van der Waals surface area contributed by atoms with Gasteiger partial charge in [-0.2, -0.15) is 4.31 Å². The minimum absolute atomic E-state index is 0.152. The number of piperidine rings is 1. The normalized spacial score (nSPS) is 15.7. The highest BCUT2D eigenvalue weighted by atomic mass is 32.2. The number of amides is 1. The first-order chi connectivity index (χ1) is 13.8. The number of thiocarbonyl (C=S) groups is 1. The Labute approximate surface area is 177 Å². The summed E-state index contributed by atoms with van der Waals surface area (Å²) in [7, 11) is -3.49. The monoisotopic (exact) mass is 431 g/mol. The number of carbonyl (C=O) groups excluding carboxylic acids is 1. The molecule has 0 radical (unpaired) electrons. The molecule has 0 atom stereocenters. The fourth-order valence-corrected chi connectivity index (χ4v) is 4.93. The summed E-state index contributed by atoms with van der Waals surface area (Å²) in [5.74, 6) is 0.267. The molecule has 154 valence electrons. The molecule has 6 nitrogen and oxygen atoms in total. The van der Waals surface area contributed by atoms with E-state index in [0.717, 1.165) is 18.4 Å². The SMILES string of the molecule is Cc1ccccc1C(=O)NC(=S)Nc1ccc(S(=O)(=O)N2CCC(C)CC2)cc1. The highest BCUT2D eigenvalue weighted by Gasteiger charge is 2.27. The van der Waals surface area contributed by atoms with Crippen molar-refractivity contribution in [3.8, 4) is 0 Å². The third kappa shape index (κ3) is 5.20. The van der Waals surface area contributed by atoms with Crippen molar-refractivity contribution in [2.24, 2.45) is 5.92 Å². The molecule has 2 aromatic rings. The fourth-order valence-electron chi connectivity index (χ4n) is 3.25. The summed E-state index contributed by atoms with van der Waals surface area (Å²) in [4.78, 5) is 12.6. The van der Waals surface area contributed by atoms with Crippen LogP contribution in [0, 0.1) is 12.8 Å². The fraction of sp³-hybridized carbons (Fsp3) is 0.333. The molecule has 1 aliphatic heterocycles. The van der Waals surface area contributed by atoms with E-state index in [4.69, 9.17) is 12.2 Å². The van der Waals surface area contributed by atoms with Crippen molar-refractivity contribution in [2.45, 2.75) is 31.6 Å². The topological polar surface area (TPSA) is 78.5 Å². The lowest BCUT2D eigenvalue weighted by molar-refractivity contribution is 0.0977. The van der Waals surface area contributed by atoms with Crippen LogP contribution in [0.2, 0.25) is 0 Å². The van der Waals surface area contributed by atoms with Gasteiger partial charge in [0.1, 0.15) is 0 Å². The Morgan fingerprint density at radius 3 is 2.31 bits per heavy atom. The Balaban J connectivity index is 1.62. The molecule has 1 amide bonds. The number of aryl methyl sites for hydroxylation is 1. The summed E-state index contributed by atoms with van der Waals surface area (Å²) >= 11 is 5.21. The summed E-state index contributed by atoms with van der Waals surface area (Å²) in [6.45, 7) is 5.11. The van der Waals surface area contributed by atoms with Crippen molar-refractivity contribution >= 4 is 38.9 Å². The Hall–Kier alpha value is -2.29. The van der Waals surface area contributed by atoms with Crippen LogP contribution in [0.25, 0.3) is 0 Å². The molecular weight excluding hydrogens is 406 g/mol. The van der Waals surface area contributed by atoms with Crippen molar-refractivity contribution in [1.82, 2.24) is 9.62 Å². The number of benzene rings is 2. The van der Waals surface area contributed by atoms with Gasteiger partial charge in [0.25, 0.3) is 5.91 Å². The van der Waals surface area contributed by atoms with Crippen LogP contribution in [0.4, 0.5) is 5.69 Å². The average Bonchev–Trinajstić information content (AvgIpc) is 2.69. The van der Waals surface area contributed by atoms with E-state index in [2.05, 4.69) is 17.6 Å². The van der Waals surface area contributed by atoms with Gasteiger partial charge in [0.05, 0.1) is 4.90 Å². The molecule has 3 rings (SSSR count). The maximum Gasteiger partial charge on any atom is 0.257 e. The quantitative estimate of drug-likeness (QED) is 0.724. The van der Waals surface area contributed by atoms with Gasteiger partial charge < -0.3 is 5.32 Å². The lowest BCUT2D eigenvalue weighted by Gasteiger charge is -2.29. The Kier molecular flexibility index (Phi) is 6.66. The van der Waals surface area contributed by atoms with Gasteiger partial charge in [-0.05, 0) is 73.8 Å². The summed E-state index contributed by atoms with van der Waals surface area (Å²) < 4.78 is 27.1. The number of anilines is 1. The molecular formula is C21H25N3O3S2. The highest BCUT2D eigenvalue weighted by molar-refractivity contribution is 7.89. The van der Waals surface area contributed by atoms with E-state index in [1.54, 1.807) is 40.7 Å². The zero-order chi connectivity index (χ0) is 21.0. The summed E-state index contributed by atoms with van der Waals surface area (Å²) in [5, 5.41) is 5.71. The van der Waals surface area contributed by atoms with E-state index in [0.29, 0.717) is 30.3 Å². The van der Waals surface area contributed by atoms with E-state index >= 15 is 0 Å². The molecule has 1 fully saturated rings. The average molecular weight is 432 g/mol. The van der Waals surface area contributed by atoms with Gasteiger partial charge in [0.2, 0.25) is 10.0 Å². The molecule has 0 spiro atoms. The highest BCUT2D eigenvalue weighted by Crippen LogP contribution is 2.24. The molecule has 0 saturated carbocycles. The smallest absolute Gasteiger partial charge is 0.257 e. The van der Waals surface area contributed by atoms with Gasteiger partial charge in [-0.3, -0.25) is 10.1 Å². The first-order valence-corrected chi connectivity index (χ1v) is 11.4. The van der Waals surface area contributed by atoms with Crippen molar-refractivity contribution in [3.63, 3.8) is 0 Å². The molecule has 0 aliphatic carbocycles. The second kappa shape index (κ2) is 9.02. The number of carbonyl (C=O) groups is 1. The van der Waals surface area contributed by atoms with E-state index in [9.17, 15) is 13.2 Å². The molecule has 1 heterocycles. The van der Waals surface area contributed by atoms with Crippen LogP contribution in [0.5, 0.6) is 0 Å². The van der Waals surface area contributed by atoms with Crippen molar-refractivity contribution in [1.29, 1.82) is 0 Å². The predicted octanol–water partition coefficient (Wildman–Crippen LogP) is 3.54. The number of nitrogens with zero attached hydrogens (tertiary/aromatic N) is 1. The molecule has 0 unspecified atom stereocenters. The van der Waals surface area contributed by atoms with Crippen molar-refractivity contribution in [2.75, 3.05) is 18.4 Å². The van der Waals surface area contributed by atoms with Crippen LogP contribution in [0.15, 0.2) is 53.4 Å². The molecule has 0 bridgehead atoms. The number of nitrogens with one attached hydrogen (secondary N) is 2. The van der Waals surface area contributed by atoms with Gasteiger partial charge in [-0.15, -0.1) is 0 Å². The van der Waals surface area contributed by atoms with Crippen LogP contribution >= 0.6 is 12.2 Å². The predicted molar refractivity (Wildman–Crippen MR) is 118 cm³/mol. The van der Waals surface area contributed by atoms with Crippen molar-refractivity contribution < 1.29 is 13.2 Å². The minimum Gasteiger partial charge on any atom is -0.332 e. The number of hydrogen-bond acceptors (Lipinski definition) is 4. The summed E-state index contributed by atoms with van der Waals surface area (Å²) in [5.41, 5.74) is 2.01. The van der Waals surface area contributed by atoms with Gasteiger partial charge in [-0.25, -0.2) is 8.42 Å². The lowest BCUT2D eigenvalue weighted by Crippen LogP contribution is -2.37. The molecule has 2 N–H and O–H groups in total. The third-order valence-corrected chi connectivity index (χ3v) is 7.23. The second-order valence-corrected chi connectivity index (χ2v) is 9.68. The number of sulfonamides is 1. The maximum absolute atomic E-state index is 12.8. The van der Waals surface area contributed by atoms with E-state index in [1.807, 2.05) is 19.1 Å². The van der Waals surface area contributed by atoms with Gasteiger partial charge >= 0.3 is 0 Å². The molecule has 29 heavy (non-hydrogen) atoms. The number of hydrogen-bond donors (Lipinski definition) is 2. The third-order valence-electron chi connectivity index (χ3n) is 5.11. The summed E-state index contributed by atoms with van der Waals surface area (Å²) in [6, 6.07) is 13.6. The standard InChI is InChI=1S/C21H25N3O3S2/c1-15-11-13-24(14-12-15)29(26,27)18-9-7-17(8-10-18)22-21(28)23-20(25)19-6-4-3-5-16(19)2/h3-10,15H,11-14H2,1-2H3,(H2,22,23,25,28). The maximum atomic E-state index is 12.8. The van der Waals surface area contributed by atoms with Gasteiger partial charge in [0, 0.05) is 24.3 Å². The molecule has 2 aromatic carbocycles. The zero-order valence-electron chi connectivity index (χ0n) is 16.5. The van der Waals surface area contributed by atoms with E-state index in [-0.39, 0.29) is 15.9 Å². The van der Waals surface area contributed by atoms with E-state index < -0.39 is 10.0 Å². The van der Waals surface area contributed by atoms with E-state index in [1.165, 1.54) is 0 Å². The van der Waals surface area contributed by atoms with Crippen LogP contribution in [-0.2, 0) is 10.0 Å². The lowest BCUT2D eigenvalue weighted by atomic mass is 10.0. The molecule has 1 saturated heterocycles. The molecule has 8 heteroatoms. The zero-order valence-corrected chi connectivity index (χ0v) is 18.1. The van der Waals surface area contributed by atoms with Crippen LogP contribution in [0.3, 0.4) is 0 Å². The van der Waals surface area contributed by atoms with Crippen molar-refractivity contribution in [3.05, 3.63) is 59.7 Å². The first-order valence-electron chi connectivity index (χ1n) is 9.55.